The summed E-state index contributed by atoms with van der Waals surface area (Å²) in [6.07, 6.45) is 0. The first-order chi connectivity index (χ1) is 10.3. The second kappa shape index (κ2) is 6.44. The minimum atomic E-state index is -0.550. The molecule has 1 aromatic heterocycles. The van der Waals surface area contributed by atoms with Gasteiger partial charge in [-0.3, -0.25) is 9.59 Å². The van der Waals surface area contributed by atoms with Crippen LogP contribution in [0.25, 0.3) is 0 Å². The van der Waals surface area contributed by atoms with Gasteiger partial charge in [-0.2, -0.15) is 0 Å². The summed E-state index contributed by atoms with van der Waals surface area (Å²) in [5, 5.41) is 0. The van der Waals surface area contributed by atoms with Gasteiger partial charge in [0.25, 0.3) is 0 Å². The summed E-state index contributed by atoms with van der Waals surface area (Å²) >= 11 is 3.15. The average molecular weight is 368 g/mol. The van der Waals surface area contributed by atoms with E-state index in [1.807, 2.05) is 0 Å². The number of aromatic amines is 1. The summed E-state index contributed by atoms with van der Waals surface area (Å²) in [4.78, 5) is 26.7. The van der Waals surface area contributed by atoms with Crippen LogP contribution in [0.3, 0.4) is 0 Å². The second-order valence-corrected chi connectivity index (χ2v) is 5.88. The van der Waals surface area contributed by atoms with Gasteiger partial charge < -0.3 is 9.72 Å². The Kier molecular flexibility index (Phi) is 4.81. The lowest BCUT2D eigenvalue weighted by molar-refractivity contribution is 0.0913. The molecule has 1 heterocycles. The first kappa shape index (κ1) is 16.4. The summed E-state index contributed by atoms with van der Waals surface area (Å²) in [6, 6.07) is 4.33. The average Bonchev–Trinajstić information content (AvgIpc) is 2.72. The molecule has 116 valence electrons. The molecule has 22 heavy (non-hydrogen) atoms. The van der Waals surface area contributed by atoms with Crippen LogP contribution in [0.15, 0.2) is 22.7 Å². The Morgan fingerprint density at radius 3 is 2.55 bits per heavy atom. The zero-order chi connectivity index (χ0) is 16.4. The third kappa shape index (κ3) is 3.27. The van der Waals surface area contributed by atoms with Crippen LogP contribution in [-0.2, 0) is 0 Å². The van der Waals surface area contributed by atoms with Crippen molar-refractivity contribution in [1.82, 2.24) is 4.98 Å². The maximum absolute atomic E-state index is 13.6. The van der Waals surface area contributed by atoms with E-state index in [0.29, 0.717) is 27.0 Å². The van der Waals surface area contributed by atoms with Gasteiger partial charge in [-0.05, 0) is 44.5 Å². The lowest BCUT2D eigenvalue weighted by Crippen LogP contribution is -2.14. The number of rotatable bonds is 5. The smallest absolute Gasteiger partial charge is 0.216 e. The maximum Gasteiger partial charge on any atom is 0.216 e. The normalized spacial score (nSPS) is 10.6. The van der Waals surface area contributed by atoms with E-state index in [4.69, 9.17) is 4.74 Å². The minimum absolute atomic E-state index is 0.00396. The van der Waals surface area contributed by atoms with Crippen LogP contribution >= 0.6 is 15.9 Å². The number of H-pyrrole nitrogens is 1. The summed E-state index contributed by atoms with van der Waals surface area (Å²) in [5.74, 6) is -0.990. The second-order valence-electron chi connectivity index (χ2n) is 4.97. The van der Waals surface area contributed by atoms with E-state index in [9.17, 15) is 14.0 Å². The quantitative estimate of drug-likeness (QED) is 0.812. The van der Waals surface area contributed by atoms with Crippen LogP contribution in [0, 0.1) is 19.7 Å². The SMILES string of the molecule is CC(=O)c1c(C)[nH]c(C(=O)COc2ccc(Br)cc2F)c1C. The molecule has 0 radical (unpaired) electrons. The van der Waals surface area contributed by atoms with Crippen molar-refractivity contribution in [3.63, 3.8) is 0 Å². The van der Waals surface area contributed by atoms with E-state index in [2.05, 4.69) is 20.9 Å². The number of carbonyl (C=O) groups excluding carboxylic acids is 2. The number of hydrogen-bond acceptors (Lipinski definition) is 3. The molecule has 6 heteroatoms. The molecule has 0 spiro atoms. The molecule has 1 N–H and O–H groups in total. The van der Waals surface area contributed by atoms with E-state index in [-0.39, 0.29) is 23.9 Å². The van der Waals surface area contributed by atoms with Crippen LogP contribution in [0.1, 0.15) is 39.0 Å². The predicted octanol–water partition coefficient (Wildman–Crippen LogP) is 4.00. The summed E-state index contributed by atoms with van der Waals surface area (Å²) < 4.78 is 19.4. The molecule has 1 aromatic carbocycles. The molecule has 0 amide bonds. The first-order valence-corrected chi connectivity index (χ1v) is 7.41. The van der Waals surface area contributed by atoms with Crippen molar-refractivity contribution < 1.29 is 18.7 Å². The molecule has 0 saturated heterocycles. The standard InChI is InChI=1S/C16H15BrFNO3/c1-8-15(10(3)20)9(2)19-16(8)13(21)7-22-14-5-4-11(17)6-12(14)18/h4-6,19H,7H2,1-3H3. The highest BCUT2D eigenvalue weighted by atomic mass is 79.9. The number of Topliss-reactive ketones (excluding diaryl/α,β-unsaturated/α-hetero) is 2. The topological polar surface area (TPSA) is 59.2 Å². The van der Waals surface area contributed by atoms with E-state index < -0.39 is 5.82 Å². The number of aromatic nitrogens is 1. The number of halogens is 2. The molecule has 2 rings (SSSR count). The molecule has 0 atom stereocenters. The van der Waals surface area contributed by atoms with Gasteiger partial charge in [-0.25, -0.2) is 4.39 Å². The number of hydrogen-bond donors (Lipinski definition) is 1. The molecule has 0 fully saturated rings. The van der Waals surface area contributed by atoms with Gasteiger partial charge in [0.05, 0.1) is 5.69 Å². The van der Waals surface area contributed by atoms with Gasteiger partial charge in [0.2, 0.25) is 5.78 Å². The van der Waals surface area contributed by atoms with Crippen molar-refractivity contribution in [2.24, 2.45) is 0 Å². The van der Waals surface area contributed by atoms with Crippen LogP contribution in [-0.4, -0.2) is 23.2 Å². The van der Waals surface area contributed by atoms with E-state index in [1.54, 1.807) is 19.9 Å². The van der Waals surface area contributed by atoms with Gasteiger partial charge in [-0.15, -0.1) is 0 Å². The minimum Gasteiger partial charge on any atom is -0.482 e. The van der Waals surface area contributed by atoms with Gasteiger partial charge in [0, 0.05) is 15.7 Å². The fraction of sp³-hybridized carbons (Fsp3) is 0.250. The Bertz CT molecular complexity index is 752. The molecule has 2 aromatic rings. The monoisotopic (exact) mass is 367 g/mol. The predicted molar refractivity (Wildman–Crippen MR) is 84.2 cm³/mol. The fourth-order valence-corrected chi connectivity index (χ4v) is 2.70. The Morgan fingerprint density at radius 1 is 1.32 bits per heavy atom. The van der Waals surface area contributed by atoms with Crippen molar-refractivity contribution in [2.45, 2.75) is 20.8 Å². The van der Waals surface area contributed by atoms with Crippen molar-refractivity contribution >= 4 is 27.5 Å². The van der Waals surface area contributed by atoms with Gasteiger partial charge in [0.15, 0.2) is 24.0 Å². The summed E-state index contributed by atoms with van der Waals surface area (Å²) in [7, 11) is 0. The molecule has 0 aliphatic rings. The number of carbonyl (C=O) groups is 2. The highest BCUT2D eigenvalue weighted by Gasteiger charge is 2.20. The molecule has 0 unspecified atom stereocenters. The summed E-state index contributed by atoms with van der Waals surface area (Å²) in [5.41, 5.74) is 2.07. The zero-order valence-electron chi connectivity index (χ0n) is 12.4. The number of aryl methyl sites for hydroxylation is 1. The first-order valence-electron chi connectivity index (χ1n) is 6.62. The largest absolute Gasteiger partial charge is 0.482 e. The Balaban J connectivity index is 2.16. The Labute approximate surface area is 135 Å². The van der Waals surface area contributed by atoms with Crippen LogP contribution in [0.5, 0.6) is 5.75 Å². The lowest BCUT2D eigenvalue weighted by atomic mass is 10.1. The van der Waals surface area contributed by atoms with Gasteiger partial charge >= 0.3 is 0 Å². The number of ether oxygens (including phenoxy) is 1. The molecule has 0 bridgehead atoms. The Morgan fingerprint density at radius 2 is 2.00 bits per heavy atom. The van der Waals surface area contributed by atoms with Crippen molar-refractivity contribution in [3.8, 4) is 5.75 Å². The molecule has 0 saturated carbocycles. The third-order valence-corrected chi connectivity index (χ3v) is 3.81. The van der Waals surface area contributed by atoms with Crippen molar-refractivity contribution in [3.05, 3.63) is 51.0 Å². The lowest BCUT2D eigenvalue weighted by Gasteiger charge is -2.07. The fourth-order valence-electron chi connectivity index (χ4n) is 2.36. The third-order valence-electron chi connectivity index (χ3n) is 3.32. The van der Waals surface area contributed by atoms with Gasteiger partial charge in [0.1, 0.15) is 0 Å². The van der Waals surface area contributed by atoms with Gasteiger partial charge in [-0.1, -0.05) is 15.9 Å². The zero-order valence-corrected chi connectivity index (χ0v) is 14.0. The van der Waals surface area contributed by atoms with E-state index in [1.165, 1.54) is 19.1 Å². The van der Waals surface area contributed by atoms with Crippen molar-refractivity contribution in [1.29, 1.82) is 0 Å². The molecule has 0 aliphatic carbocycles. The highest BCUT2D eigenvalue weighted by molar-refractivity contribution is 9.10. The number of nitrogens with one attached hydrogen (secondary N) is 1. The van der Waals surface area contributed by atoms with Crippen LogP contribution in [0.4, 0.5) is 4.39 Å². The van der Waals surface area contributed by atoms with E-state index in [0.717, 1.165) is 0 Å². The molecular formula is C16H15BrFNO3. The molecule has 4 nitrogen and oxygen atoms in total. The van der Waals surface area contributed by atoms with Crippen molar-refractivity contribution in [2.75, 3.05) is 6.61 Å². The number of ketones is 2. The highest BCUT2D eigenvalue weighted by Crippen LogP contribution is 2.22. The maximum atomic E-state index is 13.6. The molecule has 0 aliphatic heterocycles. The van der Waals surface area contributed by atoms with E-state index >= 15 is 0 Å². The number of benzene rings is 1. The Hall–Kier alpha value is -1.95. The summed E-state index contributed by atoms with van der Waals surface area (Å²) in [6.45, 7) is 4.57. The van der Waals surface area contributed by atoms with Crippen LogP contribution < -0.4 is 4.74 Å². The molecular weight excluding hydrogens is 353 g/mol. The van der Waals surface area contributed by atoms with Crippen LogP contribution in [0.2, 0.25) is 0 Å².